The zero-order valence-corrected chi connectivity index (χ0v) is 11.4. The van der Waals surface area contributed by atoms with Gasteiger partial charge in [-0.25, -0.2) is 0 Å². The van der Waals surface area contributed by atoms with E-state index in [1.807, 2.05) is 4.90 Å². The molecule has 0 saturated carbocycles. The van der Waals surface area contributed by atoms with Gasteiger partial charge < -0.3 is 9.80 Å². The Morgan fingerprint density at radius 2 is 1.61 bits per heavy atom. The van der Waals surface area contributed by atoms with Crippen molar-refractivity contribution < 1.29 is 9.59 Å². The molecule has 0 atom stereocenters. The van der Waals surface area contributed by atoms with Gasteiger partial charge in [0, 0.05) is 19.1 Å². The van der Waals surface area contributed by atoms with Gasteiger partial charge >= 0.3 is 0 Å². The molecule has 2 fully saturated rings. The summed E-state index contributed by atoms with van der Waals surface area (Å²) in [5.74, 6) is -0.0160. The molecule has 4 heteroatoms. The first-order valence-electron chi connectivity index (χ1n) is 7.18. The van der Waals surface area contributed by atoms with Crippen molar-refractivity contribution in [2.45, 2.75) is 51.5 Å². The van der Waals surface area contributed by atoms with Gasteiger partial charge in [0.25, 0.3) is 0 Å². The fraction of sp³-hybridized carbons (Fsp3) is 0.857. The van der Waals surface area contributed by atoms with Gasteiger partial charge in [-0.15, -0.1) is 0 Å². The lowest BCUT2D eigenvalue weighted by molar-refractivity contribution is -0.136. The van der Waals surface area contributed by atoms with Crippen molar-refractivity contribution in [1.29, 1.82) is 0 Å². The smallest absolute Gasteiger partial charge is 0.230 e. The highest BCUT2D eigenvalue weighted by molar-refractivity contribution is 5.96. The highest BCUT2D eigenvalue weighted by atomic mass is 16.2. The van der Waals surface area contributed by atoms with Crippen LogP contribution in [0.2, 0.25) is 0 Å². The summed E-state index contributed by atoms with van der Waals surface area (Å²) in [6.07, 6.45) is 6.24. The first kappa shape index (κ1) is 13.5. The van der Waals surface area contributed by atoms with Crippen LogP contribution in [0.15, 0.2) is 0 Å². The number of rotatable bonds is 3. The van der Waals surface area contributed by atoms with E-state index in [0.29, 0.717) is 6.04 Å². The van der Waals surface area contributed by atoms with E-state index in [1.54, 1.807) is 0 Å². The van der Waals surface area contributed by atoms with Crippen molar-refractivity contribution in [2.24, 2.45) is 0 Å². The average molecular weight is 252 g/mol. The highest BCUT2D eigenvalue weighted by Crippen LogP contribution is 2.21. The average Bonchev–Trinajstić information content (AvgIpc) is 2.39. The maximum Gasteiger partial charge on any atom is 0.230 e. The number of carbonyl (C=O) groups excluding carboxylic acids is 2. The van der Waals surface area contributed by atoms with Gasteiger partial charge in [0.2, 0.25) is 5.91 Å². The van der Waals surface area contributed by atoms with E-state index in [0.717, 1.165) is 25.9 Å². The number of carbonyl (C=O) groups is 2. The van der Waals surface area contributed by atoms with Gasteiger partial charge in [0.05, 0.1) is 6.42 Å². The molecule has 102 valence electrons. The third-order valence-corrected chi connectivity index (χ3v) is 4.12. The number of hydrogen-bond acceptors (Lipinski definition) is 3. The van der Waals surface area contributed by atoms with Crippen LogP contribution in [0, 0.1) is 0 Å². The maximum atomic E-state index is 11.8. The number of hydrogen-bond donors (Lipinski definition) is 0. The summed E-state index contributed by atoms with van der Waals surface area (Å²) in [7, 11) is 0. The van der Waals surface area contributed by atoms with Crippen LogP contribution < -0.4 is 0 Å². The van der Waals surface area contributed by atoms with Crippen LogP contribution in [0.25, 0.3) is 0 Å². The third kappa shape index (κ3) is 3.55. The molecule has 0 spiro atoms. The molecular weight excluding hydrogens is 228 g/mol. The van der Waals surface area contributed by atoms with E-state index in [-0.39, 0.29) is 18.1 Å². The van der Waals surface area contributed by atoms with Gasteiger partial charge in [-0.2, -0.15) is 0 Å². The first-order valence-corrected chi connectivity index (χ1v) is 7.18. The number of ketones is 1. The first-order chi connectivity index (χ1) is 8.66. The Hall–Kier alpha value is -0.900. The molecule has 0 aliphatic carbocycles. The molecule has 0 N–H and O–H groups in total. The summed E-state index contributed by atoms with van der Waals surface area (Å²) in [5, 5.41) is 0. The van der Waals surface area contributed by atoms with Crippen LogP contribution >= 0.6 is 0 Å². The van der Waals surface area contributed by atoms with Crippen LogP contribution in [0.3, 0.4) is 0 Å². The monoisotopic (exact) mass is 252 g/mol. The second kappa shape index (κ2) is 6.32. The SMILES string of the molecule is CC(=O)CC(=O)N1CCC(N2CCCCC2)CC1. The molecular formula is C14H24N2O2. The summed E-state index contributed by atoms with van der Waals surface area (Å²) in [5.41, 5.74) is 0. The molecule has 2 aliphatic rings. The largest absolute Gasteiger partial charge is 0.342 e. The summed E-state index contributed by atoms with van der Waals surface area (Å²) in [4.78, 5) is 27.2. The molecule has 18 heavy (non-hydrogen) atoms. The van der Waals surface area contributed by atoms with E-state index in [9.17, 15) is 9.59 Å². The molecule has 0 radical (unpaired) electrons. The van der Waals surface area contributed by atoms with Gasteiger partial charge in [-0.05, 0) is 45.7 Å². The van der Waals surface area contributed by atoms with E-state index in [4.69, 9.17) is 0 Å². The van der Waals surface area contributed by atoms with Crippen molar-refractivity contribution in [1.82, 2.24) is 9.80 Å². The van der Waals surface area contributed by atoms with Crippen molar-refractivity contribution in [3.8, 4) is 0 Å². The molecule has 4 nitrogen and oxygen atoms in total. The fourth-order valence-electron chi connectivity index (χ4n) is 3.09. The number of nitrogens with zero attached hydrogens (tertiary/aromatic N) is 2. The van der Waals surface area contributed by atoms with E-state index >= 15 is 0 Å². The Kier molecular flexibility index (Phi) is 4.75. The maximum absolute atomic E-state index is 11.8. The minimum atomic E-state index is -0.0295. The quantitative estimate of drug-likeness (QED) is 0.714. The second-order valence-electron chi connectivity index (χ2n) is 5.59. The summed E-state index contributed by atoms with van der Waals surface area (Å²) < 4.78 is 0. The Morgan fingerprint density at radius 3 is 2.17 bits per heavy atom. The predicted octanol–water partition coefficient (Wildman–Crippen LogP) is 1.44. The van der Waals surface area contributed by atoms with Crippen molar-refractivity contribution in [3.63, 3.8) is 0 Å². The standard InChI is InChI=1S/C14H24N2O2/c1-12(17)11-14(18)16-9-5-13(6-10-16)15-7-3-2-4-8-15/h13H,2-11H2,1H3. The van der Waals surface area contributed by atoms with E-state index in [1.165, 1.54) is 39.3 Å². The lowest BCUT2D eigenvalue weighted by atomic mass is 9.99. The normalized spacial score (nSPS) is 23.1. The molecule has 2 heterocycles. The molecule has 0 aromatic carbocycles. The van der Waals surface area contributed by atoms with Gasteiger partial charge in [-0.3, -0.25) is 9.59 Å². The number of likely N-dealkylation sites (tertiary alicyclic amines) is 2. The van der Waals surface area contributed by atoms with Gasteiger partial charge in [0.15, 0.2) is 0 Å². The molecule has 0 aromatic heterocycles. The zero-order valence-electron chi connectivity index (χ0n) is 11.4. The van der Waals surface area contributed by atoms with Gasteiger partial charge in [-0.1, -0.05) is 6.42 Å². The number of amides is 1. The highest BCUT2D eigenvalue weighted by Gasteiger charge is 2.27. The molecule has 1 amide bonds. The van der Waals surface area contributed by atoms with Crippen molar-refractivity contribution >= 4 is 11.7 Å². The van der Waals surface area contributed by atoms with Crippen molar-refractivity contribution in [3.05, 3.63) is 0 Å². The number of piperidine rings is 2. The Bertz CT molecular complexity index is 303. The topological polar surface area (TPSA) is 40.6 Å². The minimum absolute atomic E-state index is 0.0135. The molecule has 2 saturated heterocycles. The Morgan fingerprint density at radius 1 is 1.00 bits per heavy atom. The number of Topliss-reactive ketones (excluding diaryl/α,β-unsaturated/α-hetero) is 1. The summed E-state index contributed by atoms with van der Waals surface area (Å²) >= 11 is 0. The van der Waals surface area contributed by atoms with Crippen LogP contribution in [0.4, 0.5) is 0 Å². The summed E-state index contributed by atoms with van der Waals surface area (Å²) in [6, 6.07) is 0.659. The van der Waals surface area contributed by atoms with Crippen LogP contribution in [-0.4, -0.2) is 53.7 Å². The lowest BCUT2D eigenvalue weighted by Gasteiger charge is -2.40. The minimum Gasteiger partial charge on any atom is -0.342 e. The molecule has 0 bridgehead atoms. The Labute approximate surface area is 109 Å². The second-order valence-corrected chi connectivity index (χ2v) is 5.59. The summed E-state index contributed by atoms with van der Waals surface area (Å²) in [6.45, 7) is 5.59. The lowest BCUT2D eigenvalue weighted by Crippen LogP contribution is -2.48. The molecule has 0 unspecified atom stereocenters. The van der Waals surface area contributed by atoms with Crippen LogP contribution in [0.5, 0.6) is 0 Å². The van der Waals surface area contributed by atoms with E-state index < -0.39 is 0 Å². The van der Waals surface area contributed by atoms with Crippen molar-refractivity contribution in [2.75, 3.05) is 26.2 Å². The molecule has 2 rings (SSSR count). The predicted molar refractivity (Wildman–Crippen MR) is 70.3 cm³/mol. The molecule has 2 aliphatic heterocycles. The van der Waals surface area contributed by atoms with Crippen LogP contribution in [0.1, 0.15) is 45.4 Å². The Balaban J connectivity index is 1.76. The third-order valence-electron chi connectivity index (χ3n) is 4.12. The van der Waals surface area contributed by atoms with Gasteiger partial charge in [0.1, 0.15) is 5.78 Å². The fourth-order valence-corrected chi connectivity index (χ4v) is 3.09. The molecule has 0 aromatic rings. The van der Waals surface area contributed by atoms with E-state index in [2.05, 4.69) is 4.90 Å². The zero-order chi connectivity index (χ0) is 13.0. The van der Waals surface area contributed by atoms with Crippen LogP contribution in [-0.2, 0) is 9.59 Å².